The Hall–Kier alpha value is -2.99. The van der Waals surface area contributed by atoms with Gasteiger partial charge in [0.1, 0.15) is 5.75 Å². The molecule has 1 aliphatic heterocycles. The first-order valence-corrected chi connectivity index (χ1v) is 10.9. The van der Waals surface area contributed by atoms with Crippen LogP contribution >= 0.6 is 11.6 Å². The largest absolute Gasteiger partial charge is 0.497 e. The van der Waals surface area contributed by atoms with Crippen molar-refractivity contribution in [1.29, 1.82) is 0 Å². The average molecular weight is 438 g/mol. The van der Waals surface area contributed by atoms with Gasteiger partial charge in [0.25, 0.3) is 0 Å². The Morgan fingerprint density at radius 1 is 1.06 bits per heavy atom. The number of ether oxygens (including phenoxy) is 1. The zero-order valence-electron chi connectivity index (χ0n) is 17.4. The molecule has 0 atom stereocenters. The summed E-state index contributed by atoms with van der Waals surface area (Å²) in [5, 5.41) is 5.01. The number of carbonyl (C=O) groups is 1. The lowest BCUT2D eigenvalue weighted by molar-refractivity contribution is -0.134. The number of amides is 1. The highest BCUT2D eigenvalue weighted by Crippen LogP contribution is 2.50. The zero-order chi connectivity index (χ0) is 21.4. The van der Waals surface area contributed by atoms with Crippen LogP contribution in [0.15, 0.2) is 59.1 Å². The van der Waals surface area contributed by atoms with Crippen molar-refractivity contribution in [2.75, 3.05) is 38.2 Å². The summed E-state index contributed by atoms with van der Waals surface area (Å²) >= 11 is 6.00. The SMILES string of the molecule is COc1cccc(-c2cc(C3(C(=O)N4CCN(c5ccc(Cl)cc5)CC4)CC3)no2)c1. The van der Waals surface area contributed by atoms with Gasteiger partial charge < -0.3 is 19.1 Å². The van der Waals surface area contributed by atoms with Gasteiger partial charge in [-0.25, -0.2) is 0 Å². The molecule has 3 aromatic rings. The van der Waals surface area contributed by atoms with Crippen LogP contribution in [0.25, 0.3) is 11.3 Å². The number of methoxy groups -OCH3 is 1. The predicted molar refractivity (Wildman–Crippen MR) is 120 cm³/mol. The Balaban J connectivity index is 1.28. The van der Waals surface area contributed by atoms with Crippen LogP contribution in [0.4, 0.5) is 5.69 Å². The van der Waals surface area contributed by atoms with Crippen molar-refractivity contribution in [2.24, 2.45) is 0 Å². The van der Waals surface area contributed by atoms with E-state index < -0.39 is 5.41 Å². The summed E-state index contributed by atoms with van der Waals surface area (Å²) in [5.41, 5.74) is 2.22. The van der Waals surface area contributed by atoms with Gasteiger partial charge in [0, 0.05) is 48.5 Å². The molecule has 160 valence electrons. The second kappa shape index (κ2) is 7.93. The molecule has 0 bridgehead atoms. The minimum absolute atomic E-state index is 0.161. The number of anilines is 1. The van der Waals surface area contributed by atoms with Gasteiger partial charge in [-0.2, -0.15) is 0 Å². The maximum atomic E-state index is 13.4. The first-order valence-electron chi connectivity index (χ1n) is 10.5. The van der Waals surface area contributed by atoms with Crippen LogP contribution in [0.5, 0.6) is 5.75 Å². The highest BCUT2D eigenvalue weighted by molar-refractivity contribution is 6.30. The number of carbonyl (C=O) groups excluding carboxylic acids is 1. The quantitative estimate of drug-likeness (QED) is 0.592. The fourth-order valence-corrected chi connectivity index (χ4v) is 4.37. The van der Waals surface area contributed by atoms with E-state index >= 15 is 0 Å². The summed E-state index contributed by atoms with van der Waals surface area (Å²) in [6.07, 6.45) is 1.63. The number of benzene rings is 2. The Morgan fingerprint density at radius 3 is 2.48 bits per heavy atom. The van der Waals surface area contributed by atoms with Gasteiger partial charge in [-0.1, -0.05) is 28.9 Å². The lowest BCUT2D eigenvalue weighted by Gasteiger charge is -2.37. The highest BCUT2D eigenvalue weighted by Gasteiger charge is 2.55. The van der Waals surface area contributed by atoms with Crippen LogP contribution in [-0.4, -0.2) is 49.3 Å². The van der Waals surface area contributed by atoms with E-state index in [1.807, 2.05) is 59.5 Å². The third-order valence-corrected chi connectivity index (χ3v) is 6.52. The minimum atomic E-state index is -0.539. The van der Waals surface area contributed by atoms with Crippen LogP contribution in [-0.2, 0) is 10.2 Å². The van der Waals surface area contributed by atoms with Crippen molar-refractivity contribution < 1.29 is 14.1 Å². The predicted octanol–water partition coefficient (Wildman–Crippen LogP) is 4.38. The lowest BCUT2D eigenvalue weighted by atomic mass is 9.99. The summed E-state index contributed by atoms with van der Waals surface area (Å²) < 4.78 is 10.9. The van der Waals surface area contributed by atoms with Crippen molar-refractivity contribution >= 4 is 23.2 Å². The van der Waals surface area contributed by atoms with Crippen molar-refractivity contribution in [3.63, 3.8) is 0 Å². The first-order chi connectivity index (χ1) is 15.1. The number of hydrogen-bond acceptors (Lipinski definition) is 5. The third-order valence-electron chi connectivity index (χ3n) is 6.27. The first kappa shape index (κ1) is 19.9. The van der Waals surface area contributed by atoms with Crippen LogP contribution in [0.2, 0.25) is 5.02 Å². The Morgan fingerprint density at radius 2 is 1.81 bits per heavy atom. The smallest absolute Gasteiger partial charge is 0.235 e. The van der Waals surface area contributed by atoms with Gasteiger partial charge >= 0.3 is 0 Å². The van der Waals surface area contributed by atoms with E-state index in [0.29, 0.717) is 18.8 Å². The van der Waals surface area contributed by atoms with Crippen LogP contribution in [0.1, 0.15) is 18.5 Å². The third kappa shape index (κ3) is 3.76. The molecule has 1 aromatic heterocycles. The number of hydrogen-bond donors (Lipinski definition) is 0. The number of aromatic nitrogens is 1. The van der Waals surface area contributed by atoms with E-state index in [1.165, 1.54) is 0 Å². The van der Waals surface area contributed by atoms with Crippen LogP contribution in [0.3, 0.4) is 0 Å². The maximum absolute atomic E-state index is 13.4. The summed E-state index contributed by atoms with van der Waals surface area (Å²) in [4.78, 5) is 17.7. The Bertz CT molecular complexity index is 1080. The van der Waals surface area contributed by atoms with Crippen molar-refractivity contribution in [3.05, 3.63) is 65.3 Å². The van der Waals surface area contributed by atoms with Crippen molar-refractivity contribution in [3.8, 4) is 17.1 Å². The van der Waals surface area contributed by atoms with Gasteiger partial charge in [0.2, 0.25) is 5.91 Å². The molecule has 0 radical (unpaired) electrons. The fourth-order valence-electron chi connectivity index (χ4n) is 4.24. The standard InChI is InChI=1S/C24H24ClN3O3/c1-30-20-4-2-3-17(15-20)21-16-22(26-31-21)24(9-10-24)23(29)28-13-11-27(12-14-28)19-7-5-18(25)6-8-19/h2-8,15-16H,9-14H2,1H3. The van der Waals surface area contributed by atoms with Gasteiger partial charge in [-0.3, -0.25) is 4.79 Å². The molecule has 31 heavy (non-hydrogen) atoms. The molecule has 0 spiro atoms. The molecule has 1 saturated heterocycles. The second-order valence-corrected chi connectivity index (χ2v) is 8.58. The average Bonchev–Trinajstić information content (AvgIpc) is 3.48. The van der Waals surface area contributed by atoms with Crippen LogP contribution < -0.4 is 9.64 Å². The molecule has 0 unspecified atom stereocenters. The molecular weight excluding hydrogens is 414 g/mol. The summed E-state index contributed by atoms with van der Waals surface area (Å²) in [5.74, 6) is 1.57. The molecule has 1 aliphatic carbocycles. The molecule has 2 heterocycles. The summed E-state index contributed by atoms with van der Waals surface area (Å²) in [6.45, 7) is 3.00. The number of halogens is 1. The summed E-state index contributed by atoms with van der Waals surface area (Å²) in [7, 11) is 1.63. The van der Waals surface area contributed by atoms with E-state index in [0.717, 1.165) is 53.6 Å². The molecular formula is C24H24ClN3O3. The monoisotopic (exact) mass is 437 g/mol. The molecule has 0 N–H and O–H groups in total. The molecule has 2 aromatic carbocycles. The number of piperazine rings is 1. The van der Waals surface area contributed by atoms with E-state index in [1.54, 1.807) is 7.11 Å². The Kier molecular flexibility index (Phi) is 5.10. The van der Waals surface area contributed by atoms with E-state index in [-0.39, 0.29) is 5.91 Å². The second-order valence-electron chi connectivity index (χ2n) is 8.15. The molecule has 1 saturated carbocycles. The molecule has 5 rings (SSSR count). The molecule has 2 aliphatic rings. The van der Waals surface area contributed by atoms with Crippen molar-refractivity contribution in [2.45, 2.75) is 18.3 Å². The molecule has 7 heteroatoms. The highest BCUT2D eigenvalue weighted by atomic mass is 35.5. The zero-order valence-corrected chi connectivity index (χ0v) is 18.1. The van der Waals surface area contributed by atoms with E-state index in [9.17, 15) is 4.79 Å². The molecule has 2 fully saturated rings. The Labute approximate surface area is 186 Å². The maximum Gasteiger partial charge on any atom is 0.235 e. The van der Waals surface area contributed by atoms with Gasteiger partial charge in [0.15, 0.2) is 5.76 Å². The van der Waals surface area contributed by atoms with Gasteiger partial charge in [-0.15, -0.1) is 0 Å². The number of nitrogens with zero attached hydrogens (tertiary/aromatic N) is 3. The summed E-state index contributed by atoms with van der Waals surface area (Å²) in [6, 6.07) is 17.4. The number of rotatable bonds is 5. The van der Waals surface area contributed by atoms with E-state index in [4.69, 9.17) is 20.9 Å². The van der Waals surface area contributed by atoms with Gasteiger partial charge in [0.05, 0.1) is 18.2 Å². The van der Waals surface area contributed by atoms with Crippen molar-refractivity contribution in [1.82, 2.24) is 10.1 Å². The minimum Gasteiger partial charge on any atom is -0.497 e. The normalized spacial score (nSPS) is 17.5. The fraction of sp³-hybridized carbons (Fsp3) is 0.333. The van der Waals surface area contributed by atoms with Crippen LogP contribution in [0, 0.1) is 0 Å². The molecule has 6 nitrogen and oxygen atoms in total. The van der Waals surface area contributed by atoms with Gasteiger partial charge in [-0.05, 0) is 49.2 Å². The topological polar surface area (TPSA) is 58.8 Å². The van der Waals surface area contributed by atoms with E-state index in [2.05, 4.69) is 10.1 Å². The molecule has 1 amide bonds. The lowest BCUT2D eigenvalue weighted by Crippen LogP contribution is -2.51.